The Morgan fingerprint density at radius 2 is 1.73 bits per heavy atom. The highest BCUT2D eigenvalue weighted by atomic mass is 32.2. The fourth-order valence-electron chi connectivity index (χ4n) is 1.83. The summed E-state index contributed by atoms with van der Waals surface area (Å²) >= 11 is 1.60. The first-order valence-corrected chi connectivity index (χ1v) is 7.90. The number of hydrogen-bond acceptors (Lipinski definition) is 2. The van der Waals surface area contributed by atoms with Crippen LogP contribution in [0, 0.1) is 6.92 Å². The van der Waals surface area contributed by atoms with E-state index in [1.54, 1.807) is 18.7 Å². The summed E-state index contributed by atoms with van der Waals surface area (Å²) in [6, 6.07) is 18.0. The van der Waals surface area contributed by atoms with Crippen LogP contribution in [-0.4, -0.2) is 5.91 Å². The van der Waals surface area contributed by atoms with Gasteiger partial charge in [0.1, 0.15) is 0 Å². The van der Waals surface area contributed by atoms with Gasteiger partial charge in [-0.1, -0.05) is 66.9 Å². The van der Waals surface area contributed by atoms with Crippen LogP contribution in [0.1, 0.15) is 18.1 Å². The van der Waals surface area contributed by atoms with E-state index in [1.807, 2.05) is 47.9 Å². The molecule has 0 spiro atoms. The first-order valence-electron chi connectivity index (χ1n) is 7.02. The summed E-state index contributed by atoms with van der Waals surface area (Å²) in [5, 5.41) is 4.89. The van der Waals surface area contributed by atoms with E-state index >= 15 is 0 Å². The van der Waals surface area contributed by atoms with Gasteiger partial charge in [-0.3, -0.25) is 4.79 Å². The molecule has 0 aliphatic rings. The van der Waals surface area contributed by atoms with E-state index in [2.05, 4.69) is 31.0 Å². The van der Waals surface area contributed by atoms with Crippen molar-refractivity contribution in [2.24, 2.45) is 0 Å². The van der Waals surface area contributed by atoms with Crippen LogP contribution in [0.25, 0.3) is 5.70 Å². The average Bonchev–Trinajstić information content (AvgIpc) is 2.53. The van der Waals surface area contributed by atoms with Gasteiger partial charge in [-0.05, 0) is 31.0 Å². The molecular weight excluding hydrogens is 290 g/mol. The largest absolute Gasteiger partial charge is 0.321 e. The highest BCUT2D eigenvalue weighted by Crippen LogP contribution is 2.26. The number of rotatable bonds is 5. The lowest BCUT2D eigenvalue weighted by molar-refractivity contribution is -0.116. The van der Waals surface area contributed by atoms with Crippen molar-refractivity contribution in [3.8, 4) is 0 Å². The quantitative estimate of drug-likeness (QED) is 0.636. The number of nitrogens with one attached hydrogen (secondary N) is 1. The molecule has 0 aliphatic heterocycles. The minimum Gasteiger partial charge on any atom is -0.321 e. The summed E-state index contributed by atoms with van der Waals surface area (Å²) in [5.74, 6) is -0.166. The molecule has 2 nitrogen and oxygen atoms in total. The van der Waals surface area contributed by atoms with E-state index in [0.717, 1.165) is 11.3 Å². The third-order valence-electron chi connectivity index (χ3n) is 3.12. The smallest absolute Gasteiger partial charge is 0.250 e. The van der Waals surface area contributed by atoms with Crippen LogP contribution in [0.2, 0.25) is 0 Å². The summed E-state index contributed by atoms with van der Waals surface area (Å²) in [5.41, 5.74) is 3.45. The number of carbonyl (C=O) groups is 1. The van der Waals surface area contributed by atoms with Crippen molar-refractivity contribution in [1.29, 1.82) is 0 Å². The van der Waals surface area contributed by atoms with Gasteiger partial charge in [0.2, 0.25) is 0 Å². The molecular formula is C19H19NOS. The molecule has 0 fully saturated rings. The summed E-state index contributed by atoms with van der Waals surface area (Å²) in [6.45, 7) is 7.46. The molecule has 0 saturated heterocycles. The fourth-order valence-corrected chi connectivity index (χ4v) is 2.68. The Labute approximate surface area is 135 Å². The van der Waals surface area contributed by atoms with Gasteiger partial charge in [0.05, 0.1) is 5.70 Å². The SMILES string of the molecule is C=C(C)C(=O)NC(=CSc1ccccc1C)c1ccccc1. The topological polar surface area (TPSA) is 29.1 Å². The molecule has 22 heavy (non-hydrogen) atoms. The van der Waals surface area contributed by atoms with E-state index in [9.17, 15) is 4.79 Å². The number of aryl methyl sites for hydroxylation is 1. The van der Waals surface area contributed by atoms with Crippen molar-refractivity contribution in [3.05, 3.63) is 83.3 Å². The summed E-state index contributed by atoms with van der Waals surface area (Å²) in [6.07, 6.45) is 0. The molecule has 2 aromatic rings. The molecule has 0 saturated carbocycles. The van der Waals surface area contributed by atoms with Crippen LogP contribution in [0.15, 0.2) is 77.1 Å². The summed E-state index contributed by atoms with van der Waals surface area (Å²) in [4.78, 5) is 13.1. The van der Waals surface area contributed by atoms with E-state index < -0.39 is 0 Å². The Hall–Kier alpha value is -2.26. The summed E-state index contributed by atoms with van der Waals surface area (Å²) < 4.78 is 0. The maximum absolute atomic E-state index is 11.9. The van der Waals surface area contributed by atoms with Gasteiger partial charge in [-0.25, -0.2) is 0 Å². The van der Waals surface area contributed by atoms with Gasteiger partial charge in [-0.2, -0.15) is 0 Å². The minimum absolute atomic E-state index is 0.166. The Bertz CT molecular complexity index is 704. The lowest BCUT2D eigenvalue weighted by atomic mass is 10.1. The van der Waals surface area contributed by atoms with Crippen molar-refractivity contribution < 1.29 is 4.79 Å². The van der Waals surface area contributed by atoms with Crippen molar-refractivity contribution in [2.75, 3.05) is 0 Å². The molecule has 3 heteroatoms. The molecule has 2 aromatic carbocycles. The lowest BCUT2D eigenvalue weighted by Crippen LogP contribution is -2.22. The zero-order chi connectivity index (χ0) is 15.9. The molecule has 112 valence electrons. The Morgan fingerprint density at radius 1 is 1.09 bits per heavy atom. The van der Waals surface area contributed by atoms with Crippen LogP contribution in [-0.2, 0) is 4.79 Å². The normalized spacial score (nSPS) is 11.1. The fraction of sp³-hybridized carbons (Fsp3) is 0.105. The van der Waals surface area contributed by atoms with E-state index in [0.29, 0.717) is 5.57 Å². The molecule has 0 radical (unpaired) electrons. The van der Waals surface area contributed by atoms with Crippen LogP contribution in [0.4, 0.5) is 0 Å². The highest BCUT2D eigenvalue weighted by molar-refractivity contribution is 8.02. The maximum atomic E-state index is 11.9. The number of amides is 1. The molecule has 2 rings (SSSR count). The number of benzene rings is 2. The zero-order valence-electron chi connectivity index (χ0n) is 12.8. The van der Waals surface area contributed by atoms with Gasteiger partial charge in [0.15, 0.2) is 0 Å². The average molecular weight is 309 g/mol. The lowest BCUT2D eigenvalue weighted by Gasteiger charge is -2.11. The zero-order valence-corrected chi connectivity index (χ0v) is 13.6. The van der Waals surface area contributed by atoms with Crippen LogP contribution >= 0.6 is 11.8 Å². The van der Waals surface area contributed by atoms with Crippen molar-refractivity contribution in [1.82, 2.24) is 5.32 Å². The third-order valence-corrected chi connectivity index (χ3v) is 4.18. The van der Waals surface area contributed by atoms with Gasteiger partial charge in [0.25, 0.3) is 5.91 Å². The first-order chi connectivity index (χ1) is 10.6. The highest BCUT2D eigenvalue weighted by Gasteiger charge is 2.08. The predicted molar refractivity (Wildman–Crippen MR) is 94.4 cm³/mol. The number of carbonyl (C=O) groups excluding carboxylic acids is 1. The number of hydrogen-bond donors (Lipinski definition) is 1. The Morgan fingerprint density at radius 3 is 2.36 bits per heavy atom. The Kier molecular flexibility index (Phi) is 5.61. The molecule has 0 unspecified atom stereocenters. The van der Waals surface area contributed by atoms with Gasteiger partial charge < -0.3 is 5.32 Å². The molecule has 0 aromatic heterocycles. The van der Waals surface area contributed by atoms with Crippen LogP contribution in [0.3, 0.4) is 0 Å². The summed E-state index contributed by atoms with van der Waals surface area (Å²) in [7, 11) is 0. The van der Waals surface area contributed by atoms with Crippen molar-refractivity contribution in [2.45, 2.75) is 18.7 Å². The maximum Gasteiger partial charge on any atom is 0.250 e. The molecule has 0 aliphatic carbocycles. The monoisotopic (exact) mass is 309 g/mol. The van der Waals surface area contributed by atoms with E-state index in [1.165, 1.54) is 10.5 Å². The van der Waals surface area contributed by atoms with E-state index in [-0.39, 0.29) is 5.91 Å². The van der Waals surface area contributed by atoms with Crippen LogP contribution < -0.4 is 5.32 Å². The van der Waals surface area contributed by atoms with Gasteiger partial charge in [-0.15, -0.1) is 0 Å². The second-order valence-corrected chi connectivity index (χ2v) is 5.93. The predicted octanol–water partition coefficient (Wildman–Crippen LogP) is 4.78. The van der Waals surface area contributed by atoms with Crippen molar-refractivity contribution in [3.63, 3.8) is 0 Å². The minimum atomic E-state index is -0.166. The standard InChI is InChI=1S/C19H19NOS/c1-14(2)19(21)20-17(16-10-5-4-6-11-16)13-22-18-12-8-7-9-15(18)3/h4-13H,1H2,2-3H3,(H,20,21). The first kappa shape index (κ1) is 16.1. The molecule has 0 bridgehead atoms. The number of thioether (sulfide) groups is 1. The molecule has 0 heterocycles. The van der Waals surface area contributed by atoms with Crippen molar-refractivity contribution >= 4 is 23.4 Å². The third kappa shape index (κ3) is 4.37. The van der Waals surface area contributed by atoms with Crippen LogP contribution in [0.5, 0.6) is 0 Å². The van der Waals surface area contributed by atoms with Gasteiger partial charge in [0, 0.05) is 15.9 Å². The second kappa shape index (κ2) is 7.66. The molecule has 1 N–H and O–H groups in total. The Balaban J connectivity index is 2.28. The second-order valence-electron chi connectivity index (χ2n) is 5.02. The van der Waals surface area contributed by atoms with Gasteiger partial charge >= 0.3 is 0 Å². The molecule has 0 atom stereocenters. The molecule has 1 amide bonds. The van der Waals surface area contributed by atoms with E-state index in [4.69, 9.17) is 0 Å².